The molecule has 0 aliphatic heterocycles. The van der Waals surface area contributed by atoms with Crippen molar-refractivity contribution in [3.8, 4) is 11.5 Å². The molecular weight excluding hydrogens is 340 g/mol. The minimum Gasteiger partial charge on any atom is -0.493 e. The molecule has 6 heteroatoms. The molecule has 0 fully saturated rings. The third-order valence-corrected chi connectivity index (χ3v) is 4.20. The predicted octanol–water partition coefficient (Wildman–Crippen LogP) is 4.26. The number of hydrogen-bond donors (Lipinski definition) is 1. The highest BCUT2D eigenvalue weighted by atomic mass is 16.5. The van der Waals surface area contributed by atoms with Gasteiger partial charge < -0.3 is 19.7 Å². The first-order chi connectivity index (χ1) is 13.2. The molecule has 1 N–H and O–H groups in total. The highest BCUT2D eigenvalue weighted by Gasteiger charge is 2.10. The fourth-order valence-electron chi connectivity index (χ4n) is 2.79. The molecule has 0 unspecified atom stereocenters. The zero-order valence-corrected chi connectivity index (χ0v) is 15.8. The van der Waals surface area contributed by atoms with Gasteiger partial charge in [-0.1, -0.05) is 30.3 Å². The van der Waals surface area contributed by atoms with Crippen LogP contribution in [0.4, 0.5) is 17.5 Å². The van der Waals surface area contributed by atoms with Crippen LogP contribution < -0.4 is 19.7 Å². The van der Waals surface area contributed by atoms with Crippen molar-refractivity contribution in [3.05, 3.63) is 66.4 Å². The van der Waals surface area contributed by atoms with Gasteiger partial charge in [0.1, 0.15) is 5.82 Å². The molecule has 2 aromatic carbocycles. The molecule has 0 bridgehead atoms. The summed E-state index contributed by atoms with van der Waals surface area (Å²) in [6, 6.07) is 17.9. The van der Waals surface area contributed by atoms with Crippen molar-refractivity contribution in [2.75, 3.05) is 31.0 Å². The van der Waals surface area contributed by atoms with Crippen LogP contribution in [0.1, 0.15) is 12.5 Å². The minimum absolute atomic E-state index is 0.534. The van der Waals surface area contributed by atoms with Gasteiger partial charge in [-0.3, -0.25) is 0 Å². The summed E-state index contributed by atoms with van der Waals surface area (Å²) in [6.07, 6.45) is 1.76. The normalized spacial score (nSPS) is 10.3. The number of aromatic nitrogens is 2. The molecule has 6 nitrogen and oxygen atoms in total. The van der Waals surface area contributed by atoms with E-state index >= 15 is 0 Å². The van der Waals surface area contributed by atoms with Gasteiger partial charge >= 0.3 is 0 Å². The molecule has 0 spiro atoms. The van der Waals surface area contributed by atoms with Crippen LogP contribution in [-0.4, -0.2) is 30.7 Å². The lowest BCUT2D eigenvalue weighted by molar-refractivity contribution is 0.355. The van der Waals surface area contributed by atoms with E-state index in [4.69, 9.17) is 9.47 Å². The lowest BCUT2D eigenvalue weighted by Gasteiger charge is -2.22. The van der Waals surface area contributed by atoms with Crippen LogP contribution in [0.5, 0.6) is 11.5 Å². The Bertz CT molecular complexity index is 871. The van der Waals surface area contributed by atoms with E-state index in [1.54, 1.807) is 20.4 Å². The quantitative estimate of drug-likeness (QED) is 0.644. The number of ether oxygens (including phenoxy) is 2. The number of anilines is 3. The van der Waals surface area contributed by atoms with Crippen LogP contribution in [0.25, 0.3) is 0 Å². The molecule has 0 radical (unpaired) electrons. The highest BCUT2D eigenvalue weighted by Crippen LogP contribution is 2.30. The first-order valence-electron chi connectivity index (χ1n) is 8.84. The molecule has 3 rings (SSSR count). The van der Waals surface area contributed by atoms with Crippen LogP contribution >= 0.6 is 0 Å². The average Bonchev–Trinajstić information content (AvgIpc) is 2.73. The van der Waals surface area contributed by atoms with Crippen molar-refractivity contribution >= 4 is 17.5 Å². The SMILES string of the molecule is CCN(Cc1ccccc1)c1ccnc(Nc2ccc(OC)c(OC)c2)n1. The summed E-state index contributed by atoms with van der Waals surface area (Å²) in [7, 11) is 3.23. The number of nitrogens with one attached hydrogen (secondary N) is 1. The van der Waals surface area contributed by atoms with E-state index in [9.17, 15) is 0 Å². The second kappa shape index (κ2) is 8.89. The molecule has 140 valence electrons. The first kappa shape index (κ1) is 18.5. The molecule has 0 aliphatic carbocycles. The van der Waals surface area contributed by atoms with Crippen LogP contribution in [0.3, 0.4) is 0 Å². The van der Waals surface area contributed by atoms with Crippen molar-refractivity contribution in [2.45, 2.75) is 13.5 Å². The largest absolute Gasteiger partial charge is 0.493 e. The molecule has 27 heavy (non-hydrogen) atoms. The van der Waals surface area contributed by atoms with Gasteiger partial charge in [0.05, 0.1) is 14.2 Å². The van der Waals surface area contributed by atoms with Crippen molar-refractivity contribution < 1.29 is 9.47 Å². The van der Waals surface area contributed by atoms with Crippen LogP contribution in [-0.2, 0) is 6.54 Å². The summed E-state index contributed by atoms with van der Waals surface area (Å²) in [5, 5.41) is 3.23. The number of nitrogens with zero attached hydrogens (tertiary/aromatic N) is 3. The third kappa shape index (κ3) is 4.67. The molecule has 3 aromatic rings. The zero-order valence-electron chi connectivity index (χ0n) is 15.8. The molecule has 1 heterocycles. The van der Waals surface area contributed by atoms with E-state index in [0.29, 0.717) is 17.4 Å². The lowest BCUT2D eigenvalue weighted by Crippen LogP contribution is -2.23. The minimum atomic E-state index is 0.534. The second-order valence-electron chi connectivity index (χ2n) is 5.93. The van der Waals surface area contributed by atoms with Gasteiger partial charge in [0.2, 0.25) is 5.95 Å². The lowest BCUT2D eigenvalue weighted by atomic mass is 10.2. The van der Waals surface area contributed by atoms with E-state index in [-0.39, 0.29) is 0 Å². The summed E-state index contributed by atoms with van der Waals surface area (Å²) >= 11 is 0. The maximum absolute atomic E-state index is 5.35. The Morgan fingerprint density at radius 2 is 1.74 bits per heavy atom. The fourth-order valence-corrected chi connectivity index (χ4v) is 2.79. The van der Waals surface area contributed by atoms with E-state index in [0.717, 1.165) is 24.6 Å². The Labute approximate surface area is 159 Å². The molecule has 0 atom stereocenters. The zero-order chi connectivity index (χ0) is 19.1. The summed E-state index contributed by atoms with van der Waals surface area (Å²) < 4.78 is 10.6. The second-order valence-corrected chi connectivity index (χ2v) is 5.93. The number of methoxy groups -OCH3 is 2. The highest BCUT2D eigenvalue weighted by molar-refractivity contribution is 5.60. The van der Waals surface area contributed by atoms with Gasteiger partial charge in [-0.2, -0.15) is 4.98 Å². The Balaban J connectivity index is 1.78. The maximum atomic E-state index is 5.35. The molecule has 0 amide bonds. The van der Waals surface area contributed by atoms with Crippen LogP contribution in [0.15, 0.2) is 60.8 Å². The fraction of sp³-hybridized carbons (Fsp3) is 0.238. The first-order valence-corrected chi connectivity index (χ1v) is 8.84. The van der Waals surface area contributed by atoms with Gasteiger partial charge in [-0.15, -0.1) is 0 Å². The maximum Gasteiger partial charge on any atom is 0.229 e. The smallest absolute Gasteiger partial charge is 0.229 e. The molecule has 0 saturated carbocycles. The summed E-state index contributed by atoms with van der Waals surface area (Å²) in [5.74, 6) is 2.74. The number of rotatable bonds is 8. The van der Waals surface area contributed by atoms with Crippen LogP contribution in [0, 0.1) is 0 Å². The van der Waals surface area contributed by atoms with Crippen molar-refractivity contribution in [2.24, 2.45) is 0 Å². The van der Waals surface area contributed by atoms with Crippen molar-refractivity contribution in [1.82, 2.24) is 9.97 Å². The summed E-state index contributed by atoms with van der Waals surface area (Å²) in [6.45, 7) is 3.76. The molecule has 0 saturated heterocycles. The standard InChI is InChI=1S/C21H24N4O2/c1-4-25(15-16-8-6-5-7-9-16)20-12-13-22-21(24-20)23-17-10-11-18(26-2)19(14-17)27-3/h5-14H,4,15H2,1-3H3,(H,22,23,24). The van der Waals surface area contributed by atoms with Gasteiger partial charge in [-0.05, 0) is 30.7 Å². The van der Waals surface area contributed by atoms with E-state index < -0.39 is 0 Å². The molecule has 1 aromatic heterocycles. The summed E-state index contributed by atoms with van der Waals surface area (Å²) in [5.41, 5.74) is 2.07. The number of hydrogen-bond acceptors (Lipinski definition) is 6. The van der Waals surface area contributed by atoms with Gasteiger partial charge in [-0.25, -0.2) is 4.98 Å². The van der Waals surface area contributed by atoms with Crippen molar-refractivity contribution in [3.63, 3.8) is 0 Å². The molecule has 0 aliphatic rings. The Morgan fingerprint density at radius 3 is 2.44 bits per heavy atom. The molecular formula is C21H24N4O2. The van der Waals surface area contributed by atoms with Gasteiger partial charge in [0, 0.05) is 31.0 Å². The van der Waals surface area contributed by atoms with Gasteiger partial charge in [0.15, 0.2) is 11.5 Å². The van der Waals surface area contributed by atoms with E-state index in [1.807, 2.05) is 42.5 Å². The number of benzene rings is 2. The van der Waals surface area contributed by atoms with Crippen molar-refractivity contribution in [1.29, 1.82) is 0 Å². The monoisotopic (exact) mass is 364 g/mol. The Kier molecular flexibility index (Phi) is 6.10. The Morgan fingerprint density at radius 1 is 0.963 bits per heavy atom. The predicted molar refractivity (Wildman–Crippen MR) is 108 cm³/mol. The topological polar surface area (TPSA) is 59.5 Å². The van der Waals surface area contributed by atoms with E-state index in [1.165, 1.54) is 5.56 Å². The van der Waals surface area contributed by atoms with Gasteiger partial charge in [0.25, 0.3) is 0 Å². The third-order valence-electron chi connectivity index (χ3n) is 4.20. The summed E-state index contributed by atoms with van der Waals surface area (Å²) in [4.78, 5) is 11.2. The average molecular weight is 364 g/mol. The Hall–Kier alpha value is -3.28. The van der Waals surface area contributed by atoms with Crippen LogP contribution in [0.2, 0.25) is 0 Å². The van der Waals surface area contributed by atoms with E-state index in [2.05, 4.69) is 39.2 Å².